The molecule has 0 radical (unpaired) electrons. The van der Waals surface area contributed by atoms with Crippen molar-refractivity contribution in [2.45, 2.75) is 12.8 Å². The zero-order chi connectivity index (χ0) is 14.1. The predicted molar refractivity (Wildman–Crippen MR) is 80.2 cm³/mol. The molecule has 0 aliphatic heterocycles. The average molecular weight is 332 g/mol. The number of fused-ring (bicyclic) bond motifs is 1. The number of halogens is 1. The summed E-state index contributed by atoms with van der Waals surface area (Å²) >= 11 is 3.49. The summed E-state index contributed by atoms with van der Waals surface area (Å²) in [6.45, 7) is 0. The van der Waals surface area contributed by atoms with Crippen LogP contribution in [0, 0.1) is 5.92 Å². The maximum absolute atomic E-state index is 12.4. The Hall–Kier alpha value is -1.68. The van der Waals surface area contributed by atoms with Crippen LogP contribution >= 0.6 is 15.9 Å². The van der Waals surface area contributed by atoms with Gasteiger partial charge in [-0.3, -0.25) is 9.78 Å². The van der Waals surface area contributed by atoms with Crippen molar-refractivity contribution < 1.29 is 9.53 Å². The SMILES string of the molecule is COc1ccc2c(c1)CC(Cc1ccncc1Br)C2=O. The third kappa shape index (κ3) is 2.36. The van der Waals surface area contributed by atoms with Crippen molar-refractivity contribution in [3.05, 3.63) is 57.8 Å². The predicted octanol–water partition coefficient (Wildman–Crippen LogP) is 3.45. The Bertz CT molecular complexity index is 669. The van der Waals surface area contributed by atoms with Crippen molar-refractivity contribution in [3.63, 3.8) is 0 Å². The number of pyridine rings is 1. The zero-order valence-corrected chi connectivity index (χ0v) is 12.7. The first-order chi connectivity index (χ1) is 9.69. The Morgan fingerprint density at radius 2 is 2.25 bits per heavy atom. The van der Waals surface area contributed by atoms with Gasteiger partial charge in [0.15, 0.2) is 5.78 Å². The van der Waals surface area contributed by atoms with E-state index in [1.54, 1.807) is 19.5 Å². The van der Waals surface area contributed by atoms with E-state index in [9.17, 15) is 4.79 Å². The fourth-order valence-electron chi connectivity index (χ4n) is 2.68. The molecule has 3 rings (SSSR count). The van der Waals surface area contributed by atoms with Crippen LogP contribution in [0.2, 0.25) is 0 Å². The van der Waals surface area contributed by atoms with Crippen LogP contribution in [0.5, 0.6) is 5.75 Å². The van der Waals surface area contributed by atoms with E-state index in [1.807, 2.05) is 24.3 Å². The first-order valence-corrected chi connectivity index (χ1v) is 7.28. The molecule has 20 heavy (non-hydrogen) atoms. The molecule has 1 heterocycles. The van der Waals surface area contributed by atoms with E-state index in [0.717, 1.165) is 39.8 Å². The largest absolute Gasteiger partial charge is 0.497 e. The number of carbonyl (C=O) groups is 1. The van der Waals surface area contributed by atoms with Crippen LogP contribution in [-0.2, 0) is 12.8 Å². The Morgan fingerprint density at radius 1 is 1.40 bits per heavy atom. The van der Waals surface area contributed by atoms with Gasteiger partial charge >= 0.3 is 0 Å². The smallest absolute Gasteiger partial charge is 0.166 e. The molecule has 1 aromatic heterocycles. The van der Waals surface area contributed by atoms with Crippen LogP contribution in [0.25, 0.3) is 0 Å². The van der Waals surface area contributed by atoms with E-state index in [2.05, 4.69) is 20.9 Å². The van der Waals surface area contributed by atoms with Crippen molar-refractivity contribution in [2.24, 2.45) is 5.92 Å². The van der Waals surface area contributed by atoms with Gasteiger partial charge in [-0.05, 0) is 64.2 Å². The zero-order valence-electron chi connectivity index (χ0n) is 11.1. The number of ketones is 1. The molecule has 0 spiro atoms. The molecule has 1 aliphatic carbocycles. The molecule has 3 nitrogen and oxygen atoms in total. The van der Waals surface area contributed by atoms with Gasteiger partial charge in [-0.1, -0.05) is 0 Å². The van der Waals surface area contributed by atoms with Gasteiger partial charge < -0.3 is 4.74 Å². The van der Waals surface area contributed by atoms with Crippen LogP contribution in [0.3, 0.4) is 0 Å². The number of nitrogens with zero attached hydrogens (tertiary/aromatic N) is 1. The number of hydrogen-bond donors (Lipinski definition) is 0. The Morgan fingerprint density at radius 3 is 3.00 bits per heavy atom. The second-order valence-corrected chi connectivity index (χ2v) is 5.81. The highest BCUT2D eigenvalue weighted by molar-refractivity contribution is 9.10. The summed E-state index contributed by atoms with van der Waals surface area (Å²) in [4.78, 5) is 16.5. The van der Waals surface area contributed by atoms with Gasteiger partial charge in [0.05, 0.1) is 7.11 Å². The number of carbonyl (C=O) groups excluding carboxylic acids is 1. The fraction of sp³-hybridized carbons (Fsp3) is 0.250. The monoisotopic (exact) mass is 331 g/mol. The van der Waals surface area contributed by atoms with Gasteiger partial charge in [0.2, 0.25) is 0 Å². The van der Waals surface area contributed by atoms with E-state index in [4.69, 9.17) is 4.74 Å². The van der Waals surface area contributed by atoms with Crippen LogP contribution in [-0.4, -0.2) is 17.9 Å². The lowest BCUT2D eigenvalue weighted by molar-refractivity contribution is 0.0936. The van der Waals surface area contributed by atoms with Gasteiger partial charge in [-0.2, -0.15) is 0 Å². The van der Waals surface area contributed by atoms with Crippen molar-refractivity contribution in [3.8, 4) is 5.75 Å². The summed E-state index contributed by atoms with van der Waals surface area (Å²) in [5, 5.41) is 0. The fourth-order valence-corrected chi connectivity index (χ4v) is 3.10. The minimum absolute atomic E-state index is 0.0100. The molecule has 0 bridgehead atoms. The van der Waals surface area contributed by atoms with Gasteiger partial charge in [-0.15, -0.1) is 0 Å². The highest BCUT2D eigenvalue weighted by Gasteiger charge is 2.31. The molecule has 0 saturated carbocycles. The summed E-state index contributed by atoms with van der Waals surface area (Å²) in [6, 6.07) is 7.65. The molecule has 1 unspecified atom stereocenters. The minimum atomic E-state index is 0.0100. The van der Waals surface area contributed by atoms with E-state index < -0.39 is 0 Å². The second-order valence-electron chi connectivity index (χ2n) is 4.96. The molecule has 2 aromatic rings. The summed E-state index contributed by atoms with van der Waals surface area (Å²) in [6.07, 6.45) is 5.04. The van der Waals surface area contributed by atoms with E-state index >= 15 is 0 Å². The number of ether oxygens (including phenoxy) is 1. The third-order valence-corrected chi connectivity index (χ3v) is 4.45. The highest BCUT2D eigenvalue weighted by atomic mass is 79.9. The van der Waals surface area contributed by atoms with Crippen molar-refractivity contribution in [2.75, 3.05) is 7.11 Å². The van der Waals surface area contributed by atoms with E-state index in [1.165, 1.54) is 0 Å². The van der Waals surface area contributed by atoms with Gasteiger partial charge in [0.1, 0.15) is 5.75 Å². The molecule has 0 fully saturated rings. The first-order valence-electron chi connectivity index (χ1n) is 6.48. The summed E-state index contributed by atoms with van der Waals surface area (Å²) < 4.78 is 6.18. The Balaban J connectivity index is 1.85. The molecule has 102 valence electrons. The quantitative estimate of drug-likeness (QED) is 0.864. The standard InChI is InChI=1S/C16H14BrNO2/c1-20-13-2-3-14-11(8-13)7-12(16(14)19)6-10-4-5-18-9-15(10)17/h2-5,8-9,12H,6-7H2,1H3. The maximum atomic E-state index is 12.4. The molecule has 0 N–H and O–H groups in total. The molecule has 1 aliphatic rings. The Labute approximate surface area is 126 Å². The molecule has 0 amide bonds. The summed E-state index contributed by atoms with van der Waals surface area (Å²) in [5.74, 6) is 1.05. The molecule has 0 saturated heterocycles. The first kappa shape index (κ1) is 13.3. The lowest BCUT2D eigenvalue weighted by atomic mass is 9.96. The number of Topliss-reactive ketones (excluding diaryl/α,β-unsaturated/α-hetero) is 1. The van der Waals surface area contributed by atoms with Crippen LogP contribution < -0.4 is 4.74 Å². The van der Waals surface area contributed by atoms with Crippen molar-refractivity contribution in [1.29, 1.82) is 0 Å². The number of methoxy groups -OCH3 is 1. The van der Waals surface area contributed by atoms with Crippen LogP contribution in [0.1, 0.15) is 21.5 Å². The second kappa shape index (κ2) is 5.37. The lowest BCUT2D eigenvalue weighted by Gasteiger charge is -2.09. The van der Waals surface area contributed by atoms with Crippen molar-refractivity contribution >= 4 is 21.7 Å². The Kier molecular flexibility index (Phi) is 3.57. The molecular weight excluding hydrogens is 318 g/mol. The molecule has 1 atom stereocenters. The number of aromatic nitrogens is 1. The van der Waals surface area contributed by atoms with Gasteiger partial charge in [-0.25, -0.2) is 0 Å². The molecular formula is C16H14BrNO2. The minimum Gasteiger partial charge on any atom is -0.497 e. The van der Waals surface area contributed by atoms with E-state index in [0.29, 0.717) is 0 Å². The lowest BCUT2D eigenvalue weighted by Crippen LogP contribution is -2.12. The highest BCUT2D eigenvalue weighted by Crippen LogP contribution is 2.32. The van der Waals surface area contributed by atoms with E-state index in [-0.39, 0.29) is 11.7 Å². The summed E-state index contributed by atoms with van der Waals surface area (Å²) in [5.41, 5.74) is 3.05. The molecule has 1 aromatic carbocycles. The maximum Gasteiger partial charge on any atom is 0.166 e. The summed E-state index contributed by atoms with van der Waals surface area (Å²) in [7, 11) is 1.64. The van der Waals surface area contributed by atoms with Gasteiger partial charge in [0.25, 0.3) is 0 Å². The number of hydrogen-bond acceptors (Lipinski definition) is 3. The topological polar surface area (TPSA) is 39.2 Å². The third-order valence-electron chi connectivity index (χ3n) is 3.74. The van der Waals surface area contributed by atoms with Crippen LogP contribution in [0.4, 0.5) is 0 Å². The normalized spacial score (nSPS) is 17.1. The molecule has 4 heteroatoms. The van der Waals surface area contributed by atoms with Crippen LogP contribution in [0.15, 0.2) is 41.1 Å². The van der Waals surface area contributed by atoms with Crippen molar-refractivity contribution in [1.82, 2.24) is 4.98 Å². The number of rotatable bonds is 3. The average Bonchev–Trinajstić information content (AvgIpc) is 2.77. The van der Waals surface area contributed by atoms with Gasteiger partial charge in [0, 0.05) is 28.3 Å². The number of benzene rings is 1.